The molecule has 6 nitrogen and oxygen atoms in total. The summed E-state index contributed by atoms with van der Waals surface area (Å²) in [6.45, 7) is 1.23. The van der Waals surface area contributed by atoms with Crippen molar-refractivity contribution in [3.63, 3.8) is 0 Å². The van der Waals surface area contributed by atoms with E-state index in [-0.39, 0.29) is 11.8 Å². The first-order valence-corrected chi connectivity index (χ1v) is 6.44. The van der Waals surface area contributed by atoms with Gasteiger partial charge in [0.05, 0.1) is 17.9 Å². The van der Waals surface area contributed by atoms with Crippen molar-refractivity contribution in [1.29, 1.82) is 0 Å². The van der Waals surface area contributed by atoms with Gasteiger partial charge in [-0.25, -0.2) is 4.79 Å². The van der Waals surface area contributed by atoms with Gasteiger partial charge in [0.25, 0.3) is 0 Å². The Morgan fingerprint density at radius 3 is 3.00 bits per heavy atom. The zero-order valence-electron chi connectivity index (χ0n) is 10.8. The maximum Gasteiger partial charge on any atom is 0.344 e. The molecule has 0 radical (unpaired) electrons. The number of rotatable bonds is 5. The summed E-state index contributed by atoms with van der Waals surface area (Å²) in [5, 5.41) is 31.5. The summed E-state index contributed by atoms with van der Waals surface area (Å²) in [6, 6.07) is 0. The lowest BCUT2D eigenvalue weighted by molar-refractivity contribution is -0.142. The Kier molecular flexibility index (Phi) is 4.21. The van der Waals surface area contributed by atoms with E-state index >= 15 is 0 Å². The molecule has 6 heteroatoms. The Bertz CT molecular complexity index is 404. The van der Waals surface area contributed by atoms with Crippen molar-refractivity contribution >= 4 is 11.7 Å². The fourth-order valence-electron chi connectivity index (χ4n) is 2.88. The maximum atomic E-state index is 10.3. The van der Waals surface area contributed by atoms with Crippen molar-refractivity contribution in [3.05, 3.63) is 12.2 Å². The molecule has 0 aliphatic heterocycles. The standard InChI is InChI=1S/C13H19NO5/c1-7(15)2-3-8-9-4-11(10(9)5-12(8)16)14-19-6-13(17)18/h2-3,7-10,12,15-16H,4-6H2,1H3,(H,17,18)/t7?,8?,9-,10-,12?/m0/s1. The molecular weight excluding hydrogens is 250 g/mol. The van der Waals surface area contributed by atoms with Crippen LogP contribution in [0.4, 0.5) is 0 Å². The van der Waals surface area contributed by atoms with Crippen molar-refractivity contribution in [1.82, 2.24) is 0 Å². The van der Waals surface area contributed by atoms with Crippen LogP contribution in [0.15, 0.2) is 17.3 Å². The zero-order chi connectivity index (χ0) is 14.0. The van der Waals surface area contributed by atoms with E-state index in [9.17, 15) is 15.0 Å². The highest BCUT2D eigenvalue weighted by Gasteiger charge is 2.51. The topological polar surface area (TPSA) is 99.4 Å². The third kappa shape index (κ3) is 3.13. The lowest BCUT2D eigenvalue weighted by Gasteiger charge is -2.34. The molecule has 2 rings (SSSR count). The quantitative estimate of drug-likeness (QED) is 0.495. The van der Waals surface area contributed by atoms with Crippen LogP contribution in [-0.4, -0.2) is 45.8 Å². The summed E-state index contributed by atoms with van der Waals surface area (Å²) < 4.78 is 0. The number of aliphatic carboxylic acids is 1. The number of hydrogen-bond donors (Lipinski definition) is 3. The lowest BCUT2D eigenvalue weighted by Crippen LogP contribution is -2.36. The SMILES string of the molecule is CC(O)C=CC1C(O)C[C@@H]2C(=NOCC(=O)O)C[C@@H]12. The van der Waals surface area contributed by atoms with Gasteiger partial charge in [-0.15, -0.1) is 0 Å². The van der Waals surface area contributed by atoms with E-state index in [0.29, 0.717) is 12.3 Å². The molecule has 5 atom stereocenters. The molecule has 0 amide bonds. The normalized spacial score (nSPS) is 37.1. The van der Waals surface area contributed by atoms with Crippen molar-refractivity contribution < 1.29 is 25.0 Å². The average Bonchev–Trinajstić information content (AvgIpc) is 2.55. The average molecular weight is 269 g/mol. The summed E-state index contributed by atoms with van der Waals surface area (Å²) >= 11 is 0. The lowest BCUT2D eigenvalue weighted by atomic mass is 9.71. The zero-order valence-corrected chi connectivity index (χ0v) is 10.8. The van der Waals surface area contributed by atoms with Gasteiger partial charge in [-0.2, -0.15) is 0 Å². The van der Waals surface area contributed by atoms with Crippen LogP contribution in [0.3, 0.4) is 0 Å². The third-order valence-corrected chi connectivity index (χ3v) is 3.81. The fourth-order valence-corrected chi connectivity index (χ4v) is 2.88. The van der Waals surface area contributed by atoms with Crippen molar-refractivity contribution in [3.8, 4) is 0 Å². The molecular formula is C13H19NO5. The minimum absolute atomic E-state index is 0.0398. The molecule has 3 unspecified atom stereocenters. The van der Waals surface area contributed by atoms with E-state index in [2.05, 4.69) is 5.16 Å². The van der Waals surface area contributed by atoms with E-state index in [0.717, 1.165) is 12.1 Å². The first-order valence-electron chi connectivity index (χ1n) is 6.44. The summed E-state index contributed by atoms with van der Waals surface area (Å²) in [4.78, 5) is 15.0. The predicted octanol–water partition coefficient (Wildman–Crippen LogP) is 0.397. The highest BCUT2D eigenvalue weighted by atomic mass is 16.6. The Balaban J connectivity index is 1.91. The summed E-state index contributed by atoms with van der Waals surface area (Å²) in [5.74, 6) is -0.521. The van der Waals surface area contributed by atoms with Gasteiger partial charge in [0.2, 0.25) is 6.61 Å². The molecule has 0 bridgehead atoms. The first kappa shape index (κ1) is 14.0. The molecule has 2 saturated carbocycles. The molecule has 0 aromatic carbocycles. The predicted molar refractivity (Wildman–Crippen MR) is 67.6 cm³/mol. The van der Waals surface area contributed by atoms with Gasteiger partial charge in [-0.1, -0.05) is 17.3 Å². The van der Waals surface area contributed by atoms with Crippen LogP contribution < -0.4 is 0 Å². The van der Waals surface area contributed by atoms with Gasteiger partial charge in [-0.05, 0) is 25.7 Å². The number of aliphatic hydroxyl groups is 2. The highest BCUT2D eigenvalue weighted by molar-refractivity contribution is 5.93. The molecule has 2 fully saturated rings. The van der Waals surface area contributed by atoms with Gasteiger partial charge in [0.15, 0.2) is 0 Å². The number of hydrogen-bond acceptors (Lipinski definition) is 5. The summed E-state index contributed by atoms with van der Waals surface area (Å²) in [6.07, 6.45) is 3.95. The molecule has 2 aliphatic carbocycles. The molecule has 106 valence electrons. The molecule has 0 heterocycles. The summed E-state index contributed by atoms with van der Waals surface area (Å²) in [7, 11) is 0. The van der Waals surface area contributed by atoms with Gasteiger partial charge in [-0.3, -0.25) is 0 Å². The van der Waals surface area contributed by atoms with Crippen LogP contribution in [0.1, 0.15) is 19.8 Å². The molecule has 19 heavy (non-hydrogen) atoms. The molecule has 0 aromatic rings. The second-order valence-electron chi connectivity index (χ2n) is 5.23. The van der Waals surface area contributed by atoms with Crippen molar-refractivity contribution in [2.75, 3.05) is 6.61 Å². The molecule has 0 aromatic heterocycles. The minimum atomic E-state index is -1.05. The number of aliphatic hydroxyl groups excluding tert-OH is 2. The van der Waals surface area contributed by atoms with Gasteiger partial charge in [0, 0.05) is 11.8 Å². The third-order valence-electron chi connectivity index (χ3n) is 3.81. The number of oxime groups is 1. The van der Waals surface area contributed by atoms with Crippen LogP contribution in [0.2, 0.25) is 0 Å². The molecule has 2 aliphatic rings. The first-order chi connectivity index (χ1) is 8.99. The van der Waals surface area contributed by atoms with Gasteiger partial charge < -0.3 is 20.2 Å². The Morgan fingerprint density at radius 1 is 1.63 bits per heavy atom. The Labute approximate surface area is 111 Å². The molecule has 0 spiro atoms. The van der Waals surface area contributed by atoms with Crippen LogP contribution in [0.5, 0.6) is 0 Å². The van der Waals surface area contributed by atoms with E-state index in [4.69, 9.17) is 9.94 Å². The highest BCUT2D eigenvalue weighted by Crippen LogP contribution is 2.49. The smallest absolute Gasteiger partial charge is 0.344 e. The monoisotopic (exact) mass is 269 g/mol. The van der Waals surface area contributed by atoms with Gasteiger partial charge in [0.1, 0.15) is 0 Å². The number of carbonyl (C=O) groups is 1. The van der Waals surface area contributed by atoms with Gasteiger partial charge >= 0.3 is 5.97 Å². The number of nitrogens with zero attached hydrogens (tertiary/aromatic N) is 1. The fraction of sp³-hybridized carbons (Fsp3) is 0.692. The second-order valence-corrected chi connectivity index (χ2v) is 5.23. The minimum Gasteiger partial charge on any atom is -0.479 e. The van der Waals surface area contributed by atoms with E-state index in [1.165, 1.54) is 0 Å². The van der Waals surface area contributed by atoms with Crippen LogP contribution in [0, 0.1) is 17.8 Å². The molecule has 0 saturated heterocycles. The van der Waals surface area contributed by atoms with E-state index in [1.807, 2.05) is 6.08 Å². The van der Waals surface area contributed by atoms with E-state index < -0.39 is 24.8 Å². The number of carboxylic acid groups (broad SMARTS) is 1. The van der Waals surface area contributed by atoms with Crippen molar-refractivity contribution in [2.45, 2.75) is 32.0 Å². The number of carboxylic acids is 1. The van der Waals surface area contributed by atoms with Crippen LogP contribution in [-0.2, 0) is 9.63 Å². The summed E-state index contributed by atoms with van der Waals surface area (Å²) in [5.41, 5.74) is 0.832. The Hall–Kier alpha value is -1.40. The maximum absolute atomic E-state index is 10.3. The Morgan fingerprint density at radius 2 is 2.37 bits per heavy atom. The van der Waals surface area contributed by atoms with E-state index in [1.54, 1.807) is 13.0 Å². The van der Waals surface area contributed by atoms with Crippen molar-refractivity contribution in [2.24, 2.45) is 22.9 Å². The van der Waals surface area contributed by atoms with Crippen LogP contribution in [0.25, 0.3) is 0 Å². The van der Waals surface area contributed by atoms with Crippen LogP contribution >= 0.6 is 0 Å². The second kappa shape index (κ2) is 5.71. The largest absolute Gasteiger partial charge is 0.479 e. The number of fused-ring (bicyclic) bond motifs is 1. The molecule has 3 N–H and O–H groups in total.